The molecule has 146 heavy (non-hydrogen) atoms. The van der Waals surface area contributed by atoms with Crippen molar-refractivity contribution in [3.63, 3.8) is 0 Å². The molecule has 14 N–H and O–H groups in total. The SMILES string of the molecule is C=CCNC(=O)C(=O)C(CCCC)NC(=O)[C@@H]1[C@@H]2[C@H](CN1C(=O)[C@@H](NC(=O)N[C@H](CN1CCN(C(C)C)S1(=O)=O)C(C)(C)C)C(C)(C)C)C2(C)C.CC(C)(C)[C@H](NC(=O)N[C@H](CN1CCN(CC2CC2)S1(=O)=O)C(C)(C)C)C(=O)N1C[C@H]2[C@@H]([C@H]1C(=O)NC(CC1CC1)C(=O)C(N)=O)C2(C)C.CCCCC(NC(=O)[C@@H]1[C@@H]2[C@H](CN1C(=O)[C@@H](NC(=O)N[C@H](CN1CCCCS1(=O)=O)C(C)(C)C)C(C)(C)C)C2(C)C)C(=O)C(N)=O. The van der Waals surface area contributed by atoms with Crippen LogP contribution in [-0.4, -0.2) is 319 Å². The van der Waals surface area contributed by atoms with Crippen LogP contribution in [-0.2, 0) is 88.0 Å². The first-order chi connectivity index (χ1) is 67.0. The highest BCUT2D eigenvalue weighted by Gasteiger charge is 2.73. The third-order valence-corrected chi connectivity index (χ3v) is 38.3. The van der Waals surface area contributed by atoms with Gasteiger partial charge >= 0.3 is 18.1 Å². The molecule has 41 nitrogen and oxygen atoms in total. The molecule has 6 saturated heterocycles. The quantitative estimate of drug-likeness (QED) is 0.0271. The molecule has 18 atom stereocenters. The number of ketones is 3. The van der Waals surface area contributed by atoms with E-state index in [1.165, 1.54) is 42.3 Å². The number of hydrogen-bond acceptors (Lipinski definition) is 21. The number of carbonyl (C=O) groups excluding carboxylic acids is 15. The largest absolute Gasteiger partial charge is 0.363 e. The van der Waals surface area contributed by atoms with Gasteiger partial charge in [0.2, 0.25) is 62.8 Å². The number of primary amides is 2. The molecule has 15 amide bonds. The molecular formula is C102H176N20O21S3. The van der Waals surface area contributed by atoms with E-state index in [1.54, 1.807) is 0 Å². The minimum atomic E-state index is -3.69. The van der Waals surface area contributed by atoms with E-state index in [-0.39, 0.29) is 108 Å². The van der Waals surface area contributed by atoms with Gasteiger partial charge in [-0.25, -0.2) is 22.8 Å². The van der Waals surface area contributed by atoms with E-state index in [0.29, 0.717) is 90.5 Å². The number of nitrogens with one attached hydrogen (secondary N) is 10. The normalized spacial score (nSPS) is 26.2. The van der Waals surface area contributed by atoms with Gasteiger partial charge < -0.3 is 79.3 Å². The van der Waals surface area contributed by atoms with Gasteiger partial charge in [-0.3, -0.25) is 57.5 Å². The van der Waals surface area contributed by atoms with Crippen LogP contribution in [0.1, 0.15) is 277 Å². The van der Waals surface area contributed by atoms with Crippen LogP contribution in [0.4, 0.5) is 14.4 Å². The molecule has 11 fully saturated rings. The van der Waals surface area contributed by atoms with Crippen LogP contribution in [0.5, 0.6) is 0 Å². The Morgan fingerprint density at radius 2 is 0.733 bits per heavy atom. The van der Waals surface area contributed by atoms with E-state index in [4.69, 9.17) is 11.5 Å². The van der Waals surface area contributed by atoms with Crippen molar-refractivity contribution in [1.29, 1.82) is 0 Å². The molecule has 0 spiro atoms. The number of amides is 15. The fraction of sp³-hybridized carbons (Fsp3) is 0.833. The first kappa shape index (κ1) is 121. The zero-order chi connectivity index (χ0) is 110. The summed E-state index contributed by atoms with van der Waals surface area (Å²) >= 11 is 0. The van der Waals surface area contributed by atoms with Crippen molar-refractivity contribution in [2.75, 3.05) is 90.8 Å². The van der Waals surface area contributed by atoms with Crippen LogP contribution in [0, 0.1) is 96.1 Å². The number of nitrogens with two attached hydrogens (primary N) is 2. The zero-order valence-electron chi connectivity index (χ0n) is 92.0. The second-order valence-electron chi connectivity index (χ2n) is 51.3. The summed E-state index contributed by atoms with van der Waals surface area (Å²) < 4.78 is 85.7. The molecule has 11 rings (SSSR count). The minimum Gasteiger partial charge on any atom is -0.363 e. The highest BCUT2D eigenvalue weighted by atomic mass is 32.2. The maximum atomic E-state index is 14.5. The monoisotopic (exact) mass is 2110 g/mol. The molecule has 0 radical (unpaired) electrons. The fourth-order valence-electron chi connectivity index (χ4n) is 21.8. The van der Waals surface area contributed by atoms with Crippen molar-refractivity contribution in [1.82, 2.24) is 89.4 Å². The number of nitrogens with zero attached hydrogens (tertiary/aromatic N) is 8. The third kappa shape index (κ3) is 28.8. The predicted molar refractivity (Wildman–Crippen MR) is 554 cm³/mol. The predicted octanol–water partition coefficient (Wildman–Crippen LogP) is 5.38. The Bertz CT molecular complexity index is 5210. The van der Waals surface area contributed by atoms with Crippen molar-refractivity contribution < 1.29 is 97.2 Å². The summed E-state index contributed by atoms with van der Waals surface area (Å²) in [4.78, 5) is 205. The molecule has 3 unspecified atom stereocenters. The number of piperidine rings is 3. The van der Waals surface area contributed by atoms with Crippen molar-refractivity contribution >= 4 is 119 Å². The summed E-state index contributed by atoms with van der Waals surface area (Å²) in [5.41, 5.74) is 6.14. The third-order valence-electron chi connectivity index (χ3n) is 32.3. The molecule has 0 aromatic rings. The maximum absolute atomic E-state index is 14.5. The van der Waals surface area contributed by atoms with Crippen LogP contribution in [0.2, 0.25) is 0 Å². The second kappa shape index (κ2) is 45.9. The van der Waals surface area contributed by atoms with Gasteiger partial charge in [-0.05, 0) is 155 Å². The highest BCUT2D eigenvalue weighted by Crippen LogP contribution is 2.67. The number of urea groups is 3. The van der Waals surface area contributed by atoms with Crippen LogP contribution < -0.4 is 64.6 Å². The molecular weight excluding hydrogens is 1940 g/mol. The smallest absolute Gasteiger partial charge is 0.315 e. The Hall–Kier alpha value is -8.56. The zero-order valence-corrected chi connectivity index (χ0v) is 94.5. The van der Waals surface area contributed by atoms with Gasteiger partial charge in [0, 0.05) is 109 Å². The molecule has 5 aliphatic carbocycles. The van der Waals surface area contributed by atoms with Crippen LogP contribution in [0.25, 0.3) is 0 Å². The lowest BCUT2D eigenvalue weighted by Crippen LogP contribution is -2.63. The Labute approximate surface area is 867 Å². The number of likely N-dealkylation sites (tertiary alicyclic amines) is 3. The summed E-state index contributed by atoms with van der Waals surface area (Å²) in [5.74, 6) is -7.88. The molecule has 44 heteroatoms. The first-order valence-electron chi connectivity index (χ1n) is 52.6. The van der Waals surface area contributed by atoms with Gasteiger partial charge in [0.25, 0.3) is 38.1 Å². The number of sulfonamides is 1. The summed E-state index contributed by atoms with van der Waals surface area (Å²) in [5, 5.41) is 28.3. The van der Waals surface area contributed by atoms with Gasteiger partial charge in [-0.1, -0.05) is 225 Å². The van der Waals surface area contributed by atoms with Crippen LogP contribution >= 0.6 is 0 Å². The fourth-order valence-corrected chi connectivity index (χ4v) is 26.9. The van der Waals surface area contributed by atoms with E-state index in [9.17, 15) is 97.2 Å². The van der Waals surface area contributed by atoms with Crippen molar-refractivity contribution in [2.45, 2.75) is 356 Å². The Balaban J connectivity index is 0.000000244. The van der Waals surface area contributed by atoms with Crippen LogP contribution in [0.15, 0.2) is 12.7 Å². The van der Waals surface area contributed by atoms with E-state index < -0.39 is 224 Å². The van der Waals surface area contributed by atoms with E-state index in [0.717, 1.165) is 44.9 Å². The van der Waals surface area contributed by atoms with E-state index >= 15 is 0 Å². The van der Waals surface area contributed by atoms with Gasteiger partial charge in [-0.2, -0.15) is 38.4 Å². The standard InChI is InChI=1S/C36H63N7O7S.C34H57N7O7S.C32H56N6O7S/c1-13-15-16-24(28(44)31(46)37-17-14-2)38-30(45)27-26-23(36(26,11)12)20-42(27)32(47)29(35(8,9)10)40-33(48)39-25(34(5,6)7)21-41-18-19-43(22(3)4)51(41,49)50;1-32(2,3)23(18-40-14-13-39(49(40,47)48)16-20-11-12-20)37-31(46)38-27(33(4,5)6)30(45)41-17-21-24(34(21,7)8)25(41)29(44)36-22(15-19-9-10-19)26(42)28(35)43;1-10-11-14-20(24(39)26(33)40)34-27(41)23-22-19(32(22,8)9)17-38(23)28(42)25(31(5,6)7)36-29(43)35-21(30(2,3)4)18-37-15-12-13-16-46(37,44)45/h14,22-27,29H,2,13,15-21H2,1,3-12H3,(H,37,46)(H,38,45)(H2,39,40,48);19-25,27H,9-18H2,1-8H3,(H2,35,43)(H,36,44)(H2,37,38,46);19-23,25H,10-18H2,1-9H3,(H2,33,40)(H,34,41)(H2,35,36,43)/t23-,24?,25+,26-,27-,29+;21-,22?,23+,24-,25-,27+;19-,20?,21+,22-,23-,25+/m000/s1. The summed E-state index contributed by atoms with van der Waals surface area (Å²) in [6, 6.07) is -12.7. The lowest BCUT2D eigenvalue weighted by Gasteiger charge is -2.39. The molecule has 0 aromatic heterocycles. The Morgan fingerprint density at radius 1 is 0.404 bits per heavy atom. The highest BCUT2D eigenvalue weighted by molar-refractivity contribution is 7.89. The van der Waals surface area contributed by atoms with Gasteiger partial charge in [-0.15, -0.1) is 6.58 Å². The minimum absolute atomic E-state index is 0.0467. The van der Waals surface area contributed by atoms with E-state index in [1.807, 2.05) is 194 Å². The van der Waals surface area contributed by atoms with Crippen molar-refractivity contribution in [2.24, 2.45) is 108 Å². The average molecular weight is 2110 g/mol. The van der Waals surface area contributed by atoms with Crippen molar-refractivity contribution in [3.8, 4) is 0 Å². The summed E-state index contributed by atoms with van der Waals surface area (Å²) in [6.07, 6.45) is 10.3. The number of rotatable bonds is 40. The molecule has 0 aromatic carbocycles. The van der Waals surface area contributed by atoms with Crippen molar-refractivity contribution in [3.05, 3.63) is 12.7 Å². The number of hydrogen-bond donors (Lipinski definition) is 12. The van der Waals surface area contributed by atoms with Gasteiger partial charge in [0.1, 0.15) is 36.3 Å². The topological polar surface area (TPSA) is 557 Å². The second-order valence-corrected chi connectivity index (χ2v) is 57.2. The molecule has 6 aliphatic heterocycles. The van der Waals surface area contributed by atoms with Gasteiger partial charge in [0.15, 0.2) is 0 Å². The lowest BCUT2D eigenvalue weighted by atomic mass is 9.85. The Kier molecular flexibility index (Phi) is 38.1. The molecule has 828 valence electrons. The molecule has 6 heterocycles. The van der Waals surface area contributed by atoms with Gasteiger partial charge in [0.05, 0.1) is 23.9 Å². The van der Waals surface area contributed by atoms with Crippen LogP contribution in [0.3, 0.4) is 0 Å². The summed E-state index contributed by atoms with van der Waals surface area (Å²) in [6.45, 7) is 60.7. The average Bonchev–Trinajstić information content (AvgIpc) is 1.53. The number of unbranched alkanes of at least 4 members (excludes halogenated alkanes) is 2. The Morgan fingerprint density at radius 3 is 1.05 bits per heavy atom. The summed E-state index contributed by atoms with van der Waals surface area (Å²) in [7, 11) is -10.8. The number of carbonyl (C=O) groups is 15. The number of Topliss-reactive ketones (excluding diaryl/α,β-unsaturated/α-hetero) is 3. The van der Waals surface area contributed by atoms with E-state index in [2.05, 4.69) is 59.7 Å². The lowest BCUT2D eigenvalue weighted by molar-refractivity contribution is -0.145. The molecule has 11 aliphatic rings. The molecule has 0 bridgehead atoms. The first-order valence-corrected chi connectivity index (χ1v) is 57.0. The maximum Gasteiger partial charge on any atom is 0.315 e. The molecule has 5 saturated carbocycles. The number of fused-ring (bicyclic) bond motifs is 3.